The number of benzene rings is 1. The molecule has 25 heavy (non-hydrogen) atoms. The Bertz CT molecular complexity index is 811. The average Bonchev–Trinajstić information content (AvgIpc) is 3.00. The third-order valence-electron chi connectivity index (χ3n) is 4.38. The van der Waals surface area contributed by atoms with Gasteiger partial charge in [0.15, 0.2) is 0 Å². The van der Waals surface area contributed by atoms with E-state index >= 15 is 0 Å². The van der Waals surface area contributed by atoms with E-state index in [0.29, 0.717) is 0 Å². The zero-order valence-electron chi connectivity index (χ0n) is 14.1. The molecule has 1 aliphatic rings. The van der Waals surface area contributed by atoms with Gasteiger partial charge < -0.3 is 9.84 Å². The van der Waals surface area contributed by atoms with Crippen molar-refractivity contribution < 1.29 is 18.3 Å². The van der Waals surface area contributed by atoms with Crippen LogP contribution in [0.25, 0.3) is 10.6 Å². The Morgan fingerprint density at radius 3 is 2.56 bits per heavy atom. The van der Waals surface area contributed by atoms with Crippen LogP contribution >= 0.6 is 11.3 Å². The lowest BCUT2D eigenvalue weighted by atomic mass is 9.80. The van der Waals surface area contributed by atoms with Crippen LogP contribution in [0.2, 0.25) is 0 Å². The molecule has 3 rings (SSSR count). The monoisotopic (exact) mass is 382 g/mol. The number of sulfonamides is 1. The fourth-order valence-corrected chi connectivity index (χ4v) is 4.70. The van der Waals surface area contributed by atoms with Crippen molar-refractivity contribution in [2.24, 2.45) is 0 Å². The maximum absolute atomic E-state index is 12.5. The Morgan fingerprint density at radius 1 is 1.32 bits per heavy atom. The van der Waals surface area contributed by atoms with Crippen LogP contribution in [0.5, 0.6) is 0 Å². The van der Waals surface area contributed by atoms with Crippen LogP contribution < -0.4 is 4.72 Å². The molecule has 1 aromatic heterocycles. The van der Waals surface area contributed by atoms with Gasteiger partial charge in [-0.3, -0.25) is 0 Å². The molecular weight excluding hydrogens is 360 g/mol. The van der Waals surface area contributed by atoms with Crippen LogP contribution in [0.15, 0.2) is 34.5 Å². The van der Waals surface area contributed by atoms with Gasteiger partial charge in [0, 0.05) is 23.2 Å². The highest BCUT2D eigenvalue weighted by molar-refractivity contribution is 7.89. The van der Waals surface area contributed by atoms with Gasteiger partial charge in [-0.25, -0.2) is 18.1 Å². The first kappa shape index (κ1) is 18.5. The van der Waals surface area contributed by atoms with E-state index in [-0.39, 0.29) is 24.7 Å². The molecule has 0 radical (unpaired) electrons. The maximum atomic E-state index is 12.5. The number of ether oxygens (including phenoxy) is 1. The predicted molar refractivity (Wildman–Crippen MR) is 97.1 cm³/mol. The summed E-state index contributed by atoms with van der Waals surface area (Å²) in [7, 11) is -3.60. The highest BCUT2D eigenvalue weighted by Crippen LogP contribution is 2.35. The van der Waals surface area contributed by atoms with Crippen molar-refractivity contribution in [3.63, 3.8) is 0 Å². The first-order chi connectivity index (χ1) is 11.9. The number of aryl methyl sites for hydroxylation is 1. The van der Waals surface area contributed by atoms with E-state index in [1.165, 1.54) is 11.3 Å². The Labute approximate surface area is 151 Å². The van der Waals surface area contributed by atoms with Gasteiger partial charge in [0.25, 0.3) is 0 Å². The zero-order valence-corrected chi connectivity index (χ0v) is 15.7. The van der Waals surface area contributed by atoms with Crippen molar-refractivity contribution in [1.82, 2.24) is 9.71 Å². The van der Waals surface area contributed by atoms with Crippen molar-refractivity contribution >= 4 is 21.4 Å². The SMILES string of the molecule is Cc1csc(-c2ccc(S(=O)(=O)NCC3(OCCO)CCC3)cc2)n1. The summed E-state index contributed by atoms with van der Waals surface area (Å²) in [5.41, 5.74) is 1.37. The Balaban J connectivity index is 1.67. The number of thiazole rings is 1. The molecule has 1 saturated carbocycles. The van der Waals surface area contributed by atoms with Gasteiger partial charge in [0.1, 0.15) is 5.01 Å². The minimum Gasteiger partial charge on any atom is -0.394 e. The van der Waals surface area contributed by atoms with Crippen molar-refractivity contribution in [2.45, 2.75) is 36.7 Å². The van der Waals surface area contributed by atoms with Gasteiger partial charge in [-0.1, -0.05) is 12.1 Å². The molecule has 0 bridgehead atoms. The van der Waals surface area contributed by atoms with Gasteiger partial charge in [0.2, 0.25) is 10.0 Å². The molecule has 1 heterocycles. The van der Waals surface area contributed by atoms with Crippen LogP contribution in [0.1, 0.15) is 25.0 Å². The Hall–Kier alpha value is -1.32. The third-order valence-corrected chi connectivity index (χ3v) is 6.81. The standard InChI is InChI=1S/C17H22N2O4S2/c1-13-11-24-16(19-13)14-3-5-15(6-4-14)25(21,22)18-12-17(7-2-8-17)23-10-9-20/h3-6,11,18,20H,2,7-10,12H2,1H3. The molecule has 0 spiro atoms. The fourth-order valence-electron chi connectivity index (χ4n) is 2.78. The van der Waals surface area contributed by atoms with E-state index in [1.807, 2.05) is 12.3 Å². The van der Waals surface area contributed by atoms with E-state index in [0.717, 1.165) is 35.5 Å². The average molecular weight is 383 g/mol. The molecule has 1 fully saturated rings. The molecule has 0 amide bonds. The van der Waals surface area contributed by atoms with Gasteiger partial charge in [0.05, 0.1) is 23.7 Å². The fraction of sp³-hybridized carbons (Fsp3) is 0.471. The largest absolute Gasteiger partial charge is 0.394 e. The molecule has 0 aliphatic heterocycles. The van der Waals surface area contributed by atoms with Crippen LogP contribution in [0.3, 0.4) is 0 Å². The Kier molecular flexibility index (Phi) is 5.55. The van der Waals surface area contributed by atoms with Crippen LogP contribution in [0.4, 0.5) is 0 Å². The van der Waals surface area contributed by atoms with E-state index in [4.69, 9.17) is 9.84 Å². The topological polar surface area (TPSA) is 88.5 Å². The normalized spacial score (nSPS) is 16.6. The van der Waals surface area contributed by atoms with Crippen molar-refractivity contribution in [2.75, 3.05) is 19.8 Å². The minimum absolute atomic E-state index is 0.0633. The number of nitrogens with zero attached hydrogens (tertiary/aromatic N) is 1. The van der Waals surface area contributed by atoms with Gasteiger partial charge >= 0.3 is 0 Å². The van der Waals surface area contributed by atoms with Crippen molar-refractivity contribution in [1.29, 1.82) is 0 Å². The first-order valence-corrected chi connectivity index (χ1v) is 10.6. The van der Waals surface area contributed by atoms with Gasteiger partial charge in [-0.05, 0) is 38.3 Å². The second-order valence-corrected chi connectivity index (χ2v) is 8.88. The summed E-state index contributed by atoms with van der Waals surface area (Å²) < 4.78 is 33.3. The Morgan fingerprint density at radius 2 is 2.04 bits per heavy atom. The molecule has 0 unspecified atom stereocenters. The smallest absolute Gasteiger partial charge is 0.240 e. The van der Waals surface area contributed by atoms with Crippen LogP contribution in [-0.2, 0) is 14.8 Å². The number of aromatic nitrogens is 1. The number of hydrogen-bond donors (Lipinski definition) is 2. The molecule has 2 aromatic rings. The highest BCUT2D eigenvalue weighted by Gasteiger charge is 2.39. The van der Waals surface area contributed by atoms with Gasteiger partial charge in [-0.2, -0.15) is 0 Å². The molecule has 6 nitrogen and oxygen atoms in total. The molecule has 1 aromatic carbocycles. The lowest BCUT2D eigenvalue weighted by Gasteiger charge is -2.41. The van der Waals surface area contributed by atoms with Crippen molar-refractivity contribution in [3.05, 3.63) is 35.3 Å². The highest BCUT2D eigenvalue weighted by atomic mass is 32.2. The second-order valence-electron chi connectivity index (χ2n) is 6.25. The molecule has 2 N–H and O–H groups in total. The van der Waals surface area contributed by atoms with Crippen LogP contribution in [0, 0.1) is 6.92 Å². The number of nitrogens with one attached hydrogen (secondary N) is 1. The van der Waals surface area contributed by atoms with E-state index in [9.17, 15) is 8.42 Å². The van der Waals surface area contributed by atoms with E-state index in [1.54, 1.807) is 24.3 Å². The molecule has 8 heteroatoms. The zero-order chi connectivity index (χ0) is 17.9. The quantitative estimate of drug-likeness (QED) is 0.731. The lowest BCUT2D eigenvalue weighted by molar-refractivity contribution is -0.103. The summed E-state index contributed by atoms with van der Waals surface area (Å²) in [6.45, 7) is 2.32. The molecule has 1 aliphatic carbocycles. The predicted octanol–water partition coefficient (Wildman–Crippen LogP) is 2.33. The van der Waals surface area contributed by atoms with E-state index < -0.39 is 15.6 Å². The van der Waals surface area contributed by atoms with Gasteiger partial charge in [-0.15, -0.1) is 11.3 Å². The summed E-state index contributed by atoms with van der Waals surface area (Å²) in [5.74, 6) is 0. The first-order valence-electron chi connectivity index (χ1n) is 8.21. The molecule has 136 valence electrons. The number of aliphatic hydroxyl groups is 1. The molecule has 0 atom stereocenters. The summed E-state index contributed by atoms with van der Waals surface area (Å²) in [5, 5.41) is 11.7. The lowest BCUT2D eigenvalue weighted by Crippen LogP contribution is -2.50. The maximum Gasteiger partial charge on any atom is 0.240 e. The summed E-state index contributed by atoms with van der Waals surface area (Å²) in [6.07, 6.45) is 2.62. The number of rotatable bonds is 8. The summed E-state index contributed by atoms with van der Waals surface area (Å²) in [6, 6.07) is 6.73. The van der Waals surface area contributed by atoms with Crippen molar-refractivity contribution in [3.8, 4) is 10.6 Å². The second kappa shape index (κ2) is 7.51. The molecular formula is C17H22N2O4S2. The number of hydrogen-bond acceptors (Lipinski definition) is 6. The number of aliphatic hydroxyl groups excluding tert-OH is 1. The summed E-state index contributed by atoms with van der Waals surface area (Å²) in [4.78, 5) is 4.63. The third kappa shape index (κ3) is 4.27. The van der Waals surface area contributed by atoms with Crippen LogP contribution in [-0.4, -0.2) is 43.9 Å². The van der Waals surface area contributed by atoms with E-state index in [2.05, 4.69) is 9.71 Å². The molecule has 0 saturated heterocycles. The minimum atomic E-state index is -3.60. The summed E-state index contributed by atoms with van der Waals surface area (Å²) >= 11 is 1.53.